The van der Waals surface area contributed by atoms with E-state index in [1.807, 2.05) is 22.8 Å². The number of aryl methyl sites for hydroxylation is 2. The number of rotatable bonds is 2. The second-order valence-corrected chi connectivity index (χ2v) is 11.0. The molecular weight excluding hydrogens is 513 g/mol. The lowest BCUT2D eigenvalue weighted by molar-refractivity contribution is -0.147. The molecule has 5 heterocycles. The number of hydrogen-bond acceptors (Lipinski definition) is 6. The smallest absolute Gasteiger partial charge is 0.329 e. The van der Waals surface area contributed by atoms with Gasteiger partial charge in [-0.05, 0) is 42.4 Å². The number of nitrogens with zero attached hydrogens (tertiary/aromatic N) is 5. The third-order valence-corrected chi connectivity index (χ3v) is 8.72. The van der Waals surface area contributed by atoms with E-state index in [-0.39, 0.29) is 29.5 Å². The van der Waals surface area contributed by atoms with Gasteiger partial charge in [0.25, 0.3) is 0 Å². The highest BCUT2D eigenvalue weighted by atomic mass is 19.1. The first kappa shape index (κ1) is 24.8. The van der Waals surface area contributed by atoms with Crippen molar-refractivity contribution in [3.63, 3.8) is 0 Å². The van der Waals surface area contributed by atoms with Crippen LogP contribution in [0.25, 0.3) is 44.5 Å². The van der Waals surface area contributed by atoms with Gasteiger partial charge in [0.15, 0.2) is 0 Å². The topological polar surface area (TPSA) is 112 Å². The van der Waals surface area contributed by atoms with E-state index in [1.54, 1.807) is 31.1 Å². The SMILES string of the molecule is COC(=O)C1CNCc2cccc(c2)-c2c(-c3cn(C)nc3F)[nH]c3ncc4c(c23)n(c(=O)n4C)[C@@H]2CC[C@@H]1C2. The van der Waals surface area contributed by atoms with E-state index in [0.717, 1.165) is 40.4 Å². The van der Waals surface area contributed by atoms with Crippen LogP contribution in [0.3, 0.4) is 0 Å². The fourth-order valence-corrected chi connectivity index (χ4v) is 6.83. The number of halogens is 1. The largest absolute Gasteiger partial charge is 0.469 e. The molecule has 11 heteroatoms. The number of hydrogen-bond donors (Lipinski definition) is 2. The molecule has 4 bridgehead atoms. The van der Waals surface area contributed by atoms with Crippen molar-refractivity contribution in [2.75, 3.05) is 13.7 Å². The highest BCUT2D eigenvalue weighted by Crippen LogP contribution is 2.45. The minimum atomic E-state index is -0.586. The molecule has 4 aromatic heterocycles. The number of benzene rings is 1. The van der Waals surface area contributed by atoms with E-state index in [0.29, 0.717) is 41.9 Å². The Morgan fingerprint density at radius 3 is 2.85 bits per heavy atom. The summed E-state index contributed by atoms with van der Waals surface area (Å²) in [5, 5.41) is 8.18. The van der Waals surface area contributed by atoms with E-state index in [2.05, 4.69) is 21.5 Å². The molecule has 40 heavy (non-hydrogen) atoms. The number of aromatic amines is 1. The Kier molecular flexibility index (Phi) is 5.67. The number of imidazole rings is 1. The van der Waals surface area contributed by atoms with Crippen molar-refractivity contribution in [3.8, 4) is 22.4 Å². The molecule has 1 aliphatic heterocycles. The van der Waals surface area contributed by atoms with Gasteiger partial charge in [-0.1, -0.05) is 18.2 Å². The molecule has 3 atom stereocenters. The summed E-state index contributed by atoms with van der Waals surface area (Å²) in [5.74, 6) is -1.05. The maximum atomic E-state index is 15.1. The lowest BCUT2D eigenvalue weighted by Crippen LogP contribution is -2.34. The van der Waals surface area contributed by atoms with Crippen LogP contribution in [-0.4, -0.2) is 48.5 Å². The number of carbonyl (C=O) groups excluding carboxylic acids is 1. The molecular formula is C29H30FN7O3. The fraction of sp³-hybridized carbons (Fsp3) is 0.379. The zero-order valence-electron chi connectivity index (χ0n) is 22.6. The molecule has 1 fully saturated rings. The van der Waals surface area contributed by atoms with Gasteiger partial charge in [0.2, 0.25) is 5.95 Å². The van der Waals surface area contributed by atoms with Gasteiger partial charge in [0.1, 0.15) is 5.65 Å². The molecule has 10 nitrogen and oxygen atoms in total. The Morgan fingerprint density at radius 1 is 1.23 bits per heavy atom. The van der Waals surface area contributed by atoms with Crippen LogP contribution in [0.2, 0.25) is 0 Å². The summed E-state index contributed by atoms with van der Waals surface area (Å²) in [6.45, 7) is 1.04. The minimum Gasteiger partial charge on any atom is -0.469 e. The molecule has 2 aliphatic rings. The van der Waals surface area contributed by atoms with E-state index >= 15 is 4.39 Å². The maximum absolute atomic E-state index is 15.1. The number of ether oxygens (including phenoxy) is 1. The van der Waals surface area contributed by atoms with Gasteiger partial charge in [-0.15, -0.1) is 5.10 Å². The number of aromatic nitrogens is 6. The Morgan fingerprint density at radius 2 is 2.08 bits per heavy atom. The molecule has 5 aromatic rings. The van der Waals surface area contributed by atoms with Crippen LogP contribution in [0.4, 0.5) is 4.39 Å². The summed E-state index contributed by atoms with van der Waals surface area (Å²) in [7, 11) is 4.87. The number of nitrogens with one attached hydrogen (secondary N) is 2. The average molecular weight is 544 g/mol. The van der Waals surface area contributed by atoms with E-state index < -0.39 is 5.95 Å². The van der Waals surface area contributed by atoms with Crippen molar-refractivity contribution >= 4 is 28.0 Å². The number of fused-ring (bicyclic) bond motifs is 6. The van der Waals surface area contributed by atoms with Gasteiger partial charge in [0.05, 0.1) is 46.9 Å². The van der Waals surface area contributed by atoms with Crippen LogP contribution >= 0.6 is 0 Å². The predicted molar refractivity (Wildman–Crippen MR) is 148 cm³/mol. The average Bonchev–Trinajstić information content (AvgIpc) is 3.70. The summed E-state index contributed by atoms with van der Waals surface area (Å²) in [6.07, 6.45) is 5.60. The predicted octanol–water partition coefficient (Wildman–Crippen LogP) is 3.66. The number of pyridine rings is 1. The van der Waals surface area contributed by atoms with Crippen molar-refractivity contribution in [1.82, 2.24) is 34.2 Å². The first-order chi connectivity index (χ1) is 19.4. The first-order valence-corrected chi connectivity index (χ1v) is 13.5. The Labute approximate surface area is 228 Å². The Hall–Kier alpha value is -4.25. The van der Waals surface area contributed by atoms with Gasteiger partial charge in [-0.25, -0.2) is 9.78 Å². The summed E-state index contributed by atoms with van der Waals surface area (Å²) in [6, 6.07) is 7.93. The van der Waals surface area contributed by atoms with Gasteiger partial charge in [-0.3, -0.25) is 18.6 Å². The first-order valence-electron chi connectivity index (χ1n) is 13.5. The van der Waals surface area contributed by atoms with Gasteiger partial charge in [-0.2, -0.15) is 4.39 Å². The fourth-order valence-electron chi connectivity index (χ4n) is 6.83. The van der Waals surface area contributed by atoms with Crippen LogP contribution in [-0.2, 0) is 30.2 Å². The van der Waals surface area contributed by atoms with Gasteiger partial charge < -0.3 is 15.0 Å². The summed E-state index contributed by atoms with van der Waals surface area (Å²) in [5.41, 5.74) is 5.46. The molecule has 0 spiro atoms. The summed E-state index contributed by atoms with van der Waals surface area (Å²) < 4.78 is 25.3. The Bertz CT molecular complexity index is 1860. The molecule has 7 rings (SSSR count). The van der Waals surface area contributed by atoms with Crippen molar-refractivity contribution in [1.29, 1.82) is 0 Å². The molecule has 1 aliphatic carbocycles. The Balaban J connectivity index is 1.58. The number of methoxy groups -OCH3 is 1. The van der Waals surface area contributed by atoms with E-state index in [1.165, 1.54) is 11.8 Å². The van der Waals surface area contributed by atoms with Crippen molar-refractivity contribution in [3.05, 3.63) is 58.7 Å². The van der Waals surface area contributed by atoms with Crippen LogP contribution in [0.5, 0.6) is 0 Å². The molecule has 1 unspecified atom stereocenters. The minimum absolute atomic E-state index is 0.0736. The molecule has 206 valence electrons. The zero-order valence-corrected chi connectivity index (χ0v) is 22.6. The maximum Gasteiger partial charge on any atom is 0.329 e. The summed E-state index contributed by atoms with van der Waals surface area (Å²) in [4.78, 5) is 34.7. The van der Waals surface area contributed by atoms with E-state index in [4.69, 9.17) is 9.72 Å². The van der Waals surface area contributed by atoms with Crippen molar-refractivity contribution in [2.24, 2.45) is 25.9 Å². The molecule has 0 radical (unpaired) electrons. The number of esters is 1. The molecule has 1 saturated carbocycles. The highest BCUT2D eigenvalue weighted by Gasteiger charge is 2.38. The molecule has 0 amide bonds. The number of H-pyrrole nitrogens is 1. The van der Waals surface area contributed by atoms with Crippen molar-refractivity contribution < 1.29 is 13.9 Å². The van der Waals surface area contributed by atoms with Crippen LogP contribution < -0.4 is 11.0 Å². The van der Waals surface area contributed by atoms with E-state index in [9.17, 15) is 9.59 Å². The van der Waals surface area contributed by atoms with Gasteiger partial charge in [0, 0.05) is 45.0 Å². The van der Waals surface area contributed by atoms with Crippen molar-refractivity contribution in [2.45, 2.75) is 31.8 Å². The van der Waals surface area contributed by atoms with Crippen LogP contribution in [0, 0.1) is 17.8 Å². The third-order valence-electron chi connectivity index (χ3n) is 8.72. The lowest BCUT2D eigenvalue weighted by atomic mass is 9.90. The molecule has 1 aromatic carbocycles. The third kappa shape index (κ3) is 3.64. The second-order valence-electron chi connectivity index (χ2n) is 11.0. The monoisotopic (exact) mass is 543 g/mol. The summed E-state index contributed by atoms with van der Waals surface area (Å²) >= 11 is 0. The molecule has 0 saturated heterocycles. The number of carbonyl (C=O) groups is 1. The van der Waals surface area contributed by atoms with Crippen LogP contribution in [0.15, 0.2) is 41.5 Å². The lowest BCUT2D eigenvalue weighted by Gasteiger charge is -2.22. The normalized spacial score (nSPS) is 20.9. The standard InChI is InChI=1S/C29H30FN7O3/c1-35-14-20(26(30)34-35)24-22-17-6-4-5-15(9-17)11-31-12-19(28(38)40-3)16-7-8-18(10-16)37-25-21(36(2)29(37)39)13-32-27(33-24)23(22)25/h4-6,9,13-14,16,18-19,31H,7-8,10-12H2,1-3H3,(H,32,33)/t16-,18-,19?/m1/s1. The highest BCUT2D eigenvalue weighted by molar-refractivity contribution is 6.14. The van der Waals surface area contributed by atoms with Crippen LogP contribution in [0.1, 0.15) is 30.9 Å². The molecule has 2 N–H and O–H groups in total. The quantitative estimate of drug-likeness (QED) is 0.329. The van der Waals surface area contributed by atoms with Gasteiger partial charge >= 0.3 is 11.7 Å². The zero-order chi connectivity index (χ0) is 27.7. The second kappa shape index (κ2) is 9.16.